The molecule has 2 bridgehead atoms. The molecule has 0 aliphatic carbocycles. The molecule has 0 aromatic heterocycles. The number of piperidine rings is 2. The maximum Gasteiger partial charge on any atom is 0.0331 e. The molecule has 3 fully saturated rings. The van der Waals surface area contributed by atoms with Gasteiger partial charge in [0.1, 0.15) is 0 Å². The number of nitrogens with zero attached hydrogens (tertiary/aromatic N) is 2. The van der Waals surface area contributed by atoms with Crippen molar-refractivity contribution in [2.75, 3.05) is 13.1 Å². The molecule has 0 amide bonds. The summed E-state index contributed by atoms with van der Waals surface area (Å²) < 4.78 is 4.95. The molecule has 3 aliphatic heterocycles. The summed E-state index contributed by atoms with van der Waals surface area (Å²) in [6, 6.07) is 1.67. The first-order valence-corrected chi connectivity index (χ1v) is 5.55. The van der Waals surface area contributed by atoms with E-state index in [9.17, 15) is 0 Å². The quantitative estimate of drug-likeness (QED) is 0.478. The van der Waals surface area contributed by atoms with E-state index >= 15 is 0 Å². The summed E-state index contributed by atoms with van der Waals surface area (Å²) in [7, 11) is 0. The Balaban J connectivity index is 2.09. The first kappa shape index (κ1) is 8.00. The Kier molecular flexibility index (Phi) is 2.42. The van der Waals surface area contributed by atoms with Gasteiger partial charge in [0.2, 0.25) is 0 Å². The number of fused-ring (bicyclic) bond motifs is 3. The fraction of sp³-hybridized carbons (Fsp3) is 1.00. The monoisotopic (exact) mass is 364 g/mol. The standard InChI is InChI=1S/C6H10I2N2/c7-9-4-6-2-1-5(9)3-10(6)8/h5-6H,1-4H2. The SMILES string of the molecule is IN1CC2CCC1CN2I. The summed E-state index contributed by atoms with van der Waals surface area (Å²) in [5.74, 6) is 0. The van der Waals surface area contributed by atoms with E-state index in [2.05, 4.69) is 52.0 Å². The second-order valence-electron chi connectivity index (χ2n) is 3.05. The van der Waals surface area contributed by atoms with Gasteiger partial charge in [-0.15, -0.1) is 0 Å². The van der Waals surface area contributed by atoms with Gasteiger partial charge in [-0.3, -0.25) is 0 Å². The van der Waals surface area contributed by atoms with Crippen LogP contribution in [0.1, 0.15) is 12.8 Å². The molecule has 10 heavy (non-hydrogen) atoms. The van der Waals surface area contributed by atoms with Crippen LogP contribution in [-0.4, -0.2) is 31.4 Å². The van der Waals surface area contributed by atoms with E-state index in [0.717, 1.165) is 12.1 Å². The van der Waals surface area contributed by atoms with Gasteiger partial charge in [-0.1, -0.05) is 0 Å². The predicted octanol–water partition coefficient (Wildman–Crippen LogP) is 1.83. The van der Waals surface area contributed by atoms with Crippen LogP contribution < -0.4 is 0 Å². The average molecular weight is 364 g/mol. The van der Waals surface area contributed by atoms with Crippen molar-refractivity contribution in [3.05, 3.63) is 0 Å². The summed E-state index contributed by atoms with van der Waals surface area (Å²) in [6.45, 7) is 2.54. The minimum absolute atomic E-state index is 0.836. The smallest absolute Gasteiger partial charge is 0.0331 e. The highest BCUT2D eigenvalue weighted by Crippen LogP contribution is 2.32. The molecule has 4 heteroatoms. The molecule has 2 nitrogen and oxygen atoms in total. The van der Waals surface area contributed by atoms with Crippen LogP contribution in [0.2, 0.25) is 0 Å². The molecule has 3 aliphatic rings. The van der Waals surface area contributed by atoms with Crippen molar-refractivity contribution < 1.29 is 0 Å². The van der Waals surface area contributed by atoms with Gasteiger partial charge in [-0.05, 0) is 12.8 Å². The van der Waals surface area contributed by atoms with Gasteiger partial charge in [-0.2, -0.15) is 0 Å². The molecule has 2 atom stereocenters. The van der Waals surface area contributed by atoms with Gasteiger partial charge in [0, 0.05) is 70.9 Å². The minimum atomic E-state index is 0.836. The number of hydrogen-bond donors (Lipinski definition) is 0. The largest absolute Gasteiger partial charge is 0.242 e. The lowest BCUT2D eigenvalue weighted by Crippen LogP contribution is -2.55. The van der Waals surface area contributed by atoms with Gasteiger partial charge < -0.3 is 0 Å². The summed E-state index contributed by atoms with van der Waals surface area (Å²) in [6.07, 6.45) is 2.82. The van der Waals surface area contributed by atoms with E-state index in [1.165, 1.54) is 25.9 Å². The average Bonchev–Trinajstić information content (AvgIpc) is 1.91. The second-order valence-corrected chi connectivity index (χ2v) is 5.53. The zero-order chi connectivity index (χ0) is 7.14. The fourth-order valence-corrected chi connectivity index (χ4v) is 3.54. The number of piperazine rings is 1. The molecular weight excluding hydrogens is 354 g/mol. The van der Waals surface area contributed by atoms with Crippen LogP contribution in [0.5, 0.6) is 0 Å². The molecule has 0 aromatic carbocycles. The Morgan fingerprint density at radius 1 is 0.900 bits per heavy atom. The van der Waals surface area contributed by atoms with E-state index in [1.807, 2.05) is 0 Å². The third kappa shape index (κ3) is 1.32. The summed E-state index contributed by atoms with van der Waals surface area (Å²) in [5, 5.41) is 0. The van der Waals surface area contributed by atoms with E-state index < -0.39 is 0 Å². The van der Waals surface area contributed by atoms with Gasteiger partial charge in [0.25, 0.3) is 0 Å². The van der Waals surface area contributed by atoms with Gasteiger partial charge in [-0.25, -0.2) is 6.23 Å². The Morgan fingerprint density at radius 3 is 1.50 bits per heavy atom. The third-order valence-corrected chi connectivity index (χ3v) is 4.76. The lowest BCUT2D eigenvalue weighted by atomic mass is 9.96. The highest BCUT2D eigenvalue weighted by atomic mass is 127. The molecule has 3 heterocycles. The zero-order valence-electron chi connectivity index (χ0n) is 5.63. The molecule has 3 saturated heterocycles. The molecule has 0 spiro atoms. The summed E-state index contributed by atoms with van der Waals surface area (Å²) >= 11 is 4.93. The molecular formula is C6H10I2N2. The van der Waals surface area contributed by atoms with E-state index in [-0.39, 0.29) is 0 Å². The molecule has 2 unspecified atom stereocenters. The molecule has 58 valence electrons. The maximum atomic E-state index is 2.47. The van der Waals surface area contributed by atoms with Crippen LogP contribution in [-0.2, 0) is 0 Å². The van der Waals surface area contributed by atoms with Crippen LogP contribution in [0.25, 0.3) is 0 Å². The van der Waals surface area contributed by atoms with Crippen LogP contribution in [0.3, 0.4) is 0 Å². The zero-order valence-corrected chi connectivity index (χ0v) is 9.95. The highest BCUT2D eigenvalue weighted by Gasteiger charge is 2.36. The van der Waals surface area contributed by atoms with Crippen molar-refractivity contribution >= 4 is 45.7 Å². The van der Waals surface area contributed by atoms with E-state index in [1.54, 1.807) is 0 Å². The lowest BCUT2D eigenvalue weighted by Gasteiger charge is -2.46. The van der Waals surface area contributed by atoms with Crippen LogP contribution >= 0.6 is 45.7 Å². The Bertz CT molecular complexity index is 126. The Hall–Kier alpha value is 1.38. The first-order valence-electron chi connectivity index (χ1n) is 3.62. The van der Waals surface area contributed by atoms with Crippen LogP contribution in [0, 0.1) is 0 Å². The third-order valence-electron chi connectivity index (χ3n) is 2.40. The van der Waals surface area contributed by atoms with Crippen molar-refractivity contribution in [1.29, 1.82) is 0 Å². The highest BCUT2D eigenvalue weighted by molar-refractivity contribution is 14.1. The molecule has 0 radical (unpaired) electrons. The topological polar surface area (TPSA) is 6.48 Å². The fourth-order valence-electron chi connectivity index (χ4n) is 1.73. The summed E-state index contributed by atoms with van der Waals surface area (Å²) in [5.41, 5.74) is 0. The molecule has 0 N–H and O–H groups in total. The number of halogens is 2. The van der Waals surface area contributed by atoms with Crippen LogP contribution in [0.4, 0.5) is 0 Å². The van der Waals surface area contributed by atoms with Crippen molar-refractivity contribution in [3.8, 4) is 0 Å². The molecule has 0 saturated carbocycles. The first-order chi connectivity index (χ1) is 4.77. The van der Waals surface area contributed by atoms with Gasteiger partial charge in [0.15, 0.2) is 0 Å². The maximum absolute atomic E-state index is 2.47. The van der Waals surface area contributed by atoms with Crippen molar-refractivity contribution in [2.45, 2.75) is 24.9 Å². The lowest BCUT2D eigenvalue weighted by molar-refractivity contribution is 0.123. The van der Waals surface area contributed by atoms with E-state index in [0.29, 0.717) is 0 Å². The molecule has 3 rings (SSSR count). The summed E-state index contributed by atoms with van der Waals surface area (Å²) in [4.78, 5) is 0. The number of rotatable bonds is 0. The van der Waals surface area contributed by atoms with Crippen molar-refractivity contribution in [2.24, 2.45) is 0 Å². The number of hydrogen-bond acceptors (Lipinski definition) is 2. The van der Waals surface area contributed by atoms with Gasteiger partial charge in [0.05, 0.1) is 0 Å². The second kappa shape index (κ2) is 3.02. The Labute approximate surface area is 89.3 Å². The Morgan fingerprint density at radius 2 is 1.30 bits per heavy atom. The normalized spacial score (nSPS) is 42.6. The van der Waals surface area contributed by atoms with Crippen LogP contribution in [0.15, 0.2) is 0 Å². The molecule has 0 aromatic rings. The van der Waals surface area contributed by atoms with Crippen molar-refractivity contribution in [3.63, 3.8) is 0 Å². The predicted molar refractivity (Wildman–Crippen MR) is 58.3 cm³/mol. The van der Waals surface area contributed by atoms with E-state index in [4.69, 9.17) is 0 Å². The van der Waals surface area contributed by atoms with Gasteiger partial charge >= 0.3 is 0 Å². The van der Waals surface area contributed by atoms with Crippen molar-refractivity contribution in [1.82, 2.24) is 6.23 Å². The minimum Gasteiger partial charge on any atom is -0.242 e.